The Morgan fingerprint density at radius 2 is 2.21 bits per heavy atom. The van der Waals surface area contributed by atoms with Crippen molar-refractivity contribution in [3.63, 3.8) is 0 Å². The molecule has 4 rings (SSSR count). The normalized spacial score (nSPS) is 16.4. The van der Waals surface area contributed by atoms with E-state index in [0.29, 0.717) is 38.9 Å². The average Bonchev–Trinajstić information content (AvgIpc) is 3.22. The molecule has 1 aromatic heterocycles. The molecule has 0 N–H and O–H groups in total. The monoisotopic (exact) mass is 411 g/mol. The fraction of sp³-hybridized carbons (Fsp3) is 0.286. The number of hydrogen-bond acceptors (Lipinski definition) is 5. The molecule has 1 unspecified atom stereocenters. The minimum atomic E-state index is -0.0783. The van der Waals surface area contributed by atoms with Crippen molar-refractivity contribution in [3.05, 3.63) is 69.0 Å². The van der Waals surface area contributed by atoms with Gasteiger partial charge in [-0.2, -0.15) is 5.26 Å². The van der Waals surface area contributed by atoms with E-state index in [4.69, 9.17) is 26.6 Å². The molecule has 0 aliphatic carbocycles. The van der Waals surface area contributed by atoms with Gasteiger partial charge in [0, 0.05) is 17.4 Å². The highest BCUT2D eigenvalue weighted by Crippen LogP contribution is 2.25. The van der Waals surface area contributed by atoms with Gasteiger partial charge in [0.1, 0.15) is 0 Å². The van der Waals surface area contributed by atoms with E-state index in [1.165, 1.54) is 11.8 Å². The summed E-state index contributed by atoms with van der Waals surface area (Å²) in [6.07, 6.45) is 1.99. The molecule has 2 aromatic carbocycles. The van der Waals surface area contributed by atoms with Gasteiger partial charge in [0.05, 0.1) is 35.2 Å². The summed E-state index contributed by atoms with van der Waals surface area (Å²) in [5.41, 5.74) is 2.14. The smallest absolute Gasteiger partial charge is 0.262 e. The fourth-order valence-corrected chi connectivity index (χ4v) is 4.43. The molecule has 3 aromatic rings. The van der Waals surface area contributed by atoms with Crippen LogP contribution in [0.2, 0.25) is 5.02 Å². The van der Waals surface area contributed by atoms with E-state index < -0.39 is 0 Å². The van der Waals surface area contributed by atoms with Crippen molar-refractivity contribution >= 4 is 34.3 Å². The number of ether oxygens (including phenoxy) is 1. The zero-order valence-electron chi connectivity index (χ0n) is 15.1. The van der Waals surface area contributed by atoms with Crippen LogP contribution < -0.4 is 5.56 Å². The number of thioether (sulfide) groups is 1. The number of fused-ring (bicyclic) bond motifs is 1. The maximum atomic E-state index is 13.1. The van der Waals surface area contributed by atoms with E-state index >= 15 is 0 Å². The lowest BCUT2D eigenvalue weighted by molar-refractivity contribution is 0.0937. The lowest BCUT2D eigenvalue weighted by atomic mass is 10.2. The van der Waals surface area contributed by atoms with Crippen molar-refractivity contribution < 1.29 is 4.74 Å². The molecule has 1 atom stereocenters. The van der Waals surface area contributed by atoms with Crippen molar-refractivity contribution in [2.75, 3.05) is 6.61 Å². The molecule has 1 aliphatic heterocycles. The van der Waals surface area contributed by atoms with E-state index in [-0.39, 0.29) is 11.7 Å². The topological polar surface area (TPSA) is 67.9 Å². The molecule has 2 heterocycles. The van der Waals surface area contributed by atoms with Gasteiger partial charge in [-0.1, -0.05) is 35.5 Å². The Morgan fingerprint density at radius 3 is 3.00 bits per heavy atom. The molecule has 0 bridgehead atoms. The summed E-state index contributed by atoms with van der Waals surface area (Å²) in [7, 11) is 0. The molecule has 1 saturated heterocycles. The molecule has 0 spiro atoms. The minimum absolute atomic E-state index is 0.0329. The van der Waals surface area contributed by atoms with Crippen LogP contribution in [-0.4, -0.2) is 22.3 Å². The van der Waals surface area contributed by atoms with Crippen molar-refractivity contribution in [1.82, 2.24) is 9.55 Å². The molecule has 0 radical (unpaired) electrons. The SMILES string of the molecule is N#Cc1cccc(CSc2nc3cc(Cl)ccc3c(=O)n2CC2CCCO2)c1. The Bertz CT molecular complexity index is 1120. The van der Waals surface area contributed by atoms with Gasteiger partial charge in [0.15, 0.2) is 5.16 Å². The van der Waals surface area contributed by atoms with Gasteiger partial charge in [-0.05, 0) is 48.7 Å². The molecule has 142 valence electrons. The second kappa shape index (κ2) is 8.36. The van der Waals surface area contributed by atoms with Gasteiger partial charge in [-0.3, -0.25) is 9.36 Å². The molecule has 0 saturated carbocycles. The number of hydrogen-bond donors (Lipinski definition) is 0. The first-order valence-corrected chi connectivity index (χ1v) is 10.4. The van der Waals surface area contributed by atoms with Crippen LogP contribution in [0.1, 0.15) is 24.0 Å². The largest absolute Gasteiger partial charge is 0.376 e. The van der Waals surface area contributed by atoms with Gasteiger partial charge in [-0.25, -0.2) is 4.98 Å². The first-order chi connectivity index (χ1) is 13.6. The van der Waals surface area contributed by atoms with Gasteiger partial charge in [-0.15, -0.1) is 0 Å². The lowest BCUT2D eigenvalue weighted by Gasteiger charge is -2.16. The summed E-state index contributed by atoms with van der Waals surface area (Å²) < 4.78 is 7.45. The maximum Gasteiger partial charge on any atom is 0.262 e. The highest BCUT2D eigenvalue weighted by atomic mass is 35.5. The fourth-order valence-electron chi connectivity index (χ4n) is 3.32. The Balaban J connectivity index is 1.71. The van der Waals surface area contributed by atoms with Crippen molar-refractivity contribution in [3.8, 4) is 6.07 Å². The third-order valence-electron chi connectivity index (χ3n) is 4.72. The predicted octanol–water partition coefficient (Wildman–Crippen LogP) is 4.39. The Kier molecular flexibility index (Phi) is 5.67. The molecular formula is C21H18ClN3O2S. The van der Waals surface area contributed by atoms with Crippen LogP contribution in [0, 0.1) is 11.3 Å². The number of benzene rings is 2. The van der Waals surface area contributed by atoms with Crippen LogP contribution in [0.15, 0.2) is 52.4 Å². The third-order valence-corrected chi connectivity index (χ3v) is 6.00. The standard InChI is InChI=1S/C21H18ClN3O2S/c22-16-6-7-18-19(10-16)24-21(25(20(18)26)12-17-5-2-8-27-17)28-13-15-4-1-3-14(9-15)11-23/h1,3-4,6-7,9-10,17H,2,5,8,12-13H2. The first kappa shape index (κ1) is 19.0. The van der Waals surface area contributed by atoms with Crippen LogP contribution in [0.3, 0.4) is 0 Å². The zero-order chi connectivity index (χ0) is 19.5. The van der Waals surface area contributed by atoms with E-state index in [1.807, 2.05) is 18.2 Å². The van der Waals surface area contributed by atoms with Crippen LogP contribution in [0.25, 0.3) is 10.9 Å². The van der Waals surface area contributed by atoms with Crippen LogP contribution >= 0.6 is 23.4 Å². The van der Waals surface area contributed by atoms with E-state index in [0.717, 1.165) is 25.0 Å². The maximum absolute atomic E-state index is 13.1. The predicted molar refractivity (Wildman–Crippen MR) is 111 cm³/mol. The molecule has 0 amide bonds. The zero-order valence-corrected chi connectivity index (χ0v) is 16.7. The van der Waals surface area contributed by atoms with Crippen LogP contribution in [0.4, 0.5) is 0 Å². The molecular weight excluding hydrogens is 394 g/mol. The quantitative estimate of drug-likeness (QED) is 0.460. The minimum Gasteiger partial charge on any atom is -0.376 e. The Hall–Kier alpha value is -2.33. The number of halogens is 1. The molecule has 5 nitrogen and oxygen atoms in total. The van der Waals surface area contributed by atoms with Crippen molar-refractivity contribution in [1.29, 1.82) is 5.26 Å². The average molecular weight is 412 g/mol. The Morgan fingerprint density at radius 1 is 1.32 bits per heavy atom. The van der Waals surface area contributed by atoms with E-state index in [1.54, 1.807) is 28.8 Å². The highest BCUT2D eigenvalue weighted by Gasteiger charge is 2.20. The summed E-state index contributed by atoms with van der Waals surface area (Å²) in [6.45, 7) is 1.23. The number of aromatic nitrogens is 2. The highest BCUT2D eigenvalue weighted by molar-refractivity contribution is 7.98. The van der Waals surface area contributed by atoms with Crippen LogP contribution in [0.5, 0.6) is 0 Å². The molecule has 1 aliphatic rings. The molecule has 7 heteroatoms. The molecule has 28 heavy (non-hydrogen) atoms. The number of rotatable bonds is 5. The summed E-state index contributed by atoms with van der Waals surface area (Å²) in [6, 6.07) is 14.8. The Labute approximate surface area is 171 Å². The van der Waals surface area contributed by atoms with Crippen molar-refractivity contribution in [2.45, 2.75) is 36.4 Å². The third kappa shape index (κ3) is 4.07. The van der Waals surface area contributed by atoms with Gasteiger partial charge in [0.2, 0.25) is 0 Å². The first-order valence-electron chi connectivity index (χ1n) is 9.07. The number of nitriles is 1. The van der Waals surface area contributed by atoms with Gasteiger partial charge < -0.3 is 4.74 Å². The summed E-state index contributed by atoms with van der Waals surface area (Å²) in [5, 5.41) is 10.8. The summed E-state index contributed by atoms with van der Waals surface area (Å²) in [5.74, 6) is 0.611. The summed E-state index contributed by atoms with van der Waals surface area (Å²) >= 11 is 7.58. The van der Waals surface area contributed by atoms with Gasteiger partial charge >= 0.3 is 0 Å². The second-order valence-electron chi connectivity index (χ2n) is 6.71. The lowest BCUT2D eigenvalue weighted by Crippen LogP contribution is -2.28. The van der Waals surface area contributed by atoms with Gasteiger partial charge in [0.25, 0.3) is 5.56 Å². The van der Waals surface area contributed by atoms with Crippen LogP contribution in [-0.2, 0) is 17.0 Å². The van der Waals surface area contributed by atoms with E-state index in [9.17, 15) is 4.79 Å². The summed E-state index contributed by atoms with van der Waals surface area (Å²) in [4.78, 5) is 17.8. The molecule has 1 fully saturated rings. The van der Waals surface area contributed by atoms with E-state index in [2.05, 4.69) is 6.07 Å². The second-order valence-corrected chi connectivity index (χ2v) is 8.09. The number of nitrogens with zero attached hydrogens (tertiary/aromatic N) is 3. The van der Waals surface area contributed by atoms with Crippen molar-refractivity contribution in [2.24, 2.45) is 0 Å².